The van der Waals surface area contributed by atoms with Crippen LogP contribution in [0.1, 0.15) is 21.6 Å². The van der Waals surface area contributed by atoms with E-state index < -0.39 is 0 Å². The zero-order valence-electron chi connectivity index (χ0n) is 12.1. The van der Waals surface area contributed by atoms with Gasteiger partial charge in [-0.1, -0.05) is 41.9 Å². The predicted molar refractivity (Wildman–Crippen MR) is 89.1 cm³/mol. The number of pyridine rings is 1. The molecule has 22 heavy (non-hydrogen) atoms. The number of carbonyl (C=O) groups is 1. The number of amides is 1. The summed E-state index contributed by atoms with van der Waals surface area (Å²) in [6.07, 6.45) is 0. The smallest absolute Gasteiger partial charge is 0.253 e. The van der Waals surface area contributed by atoms with Gasteiger partial charge in [-0.25, -0.2) is 0 Å². The first-order chi connectivity index (χ1) is 10.6. The molecule has 4 heteroatoms. The normalized spacial score (nSPS) is 10.6. The van der Waals surface area contributed by atoms with Gasteiger partial charge in [0.2, 0.25) is 0 Å². The van der Waals surface area contributed by atoms with E-state index in [1.54, 1.807) is 6.07 Å². The lowest BCUT2D eigenvalue weighted by molar-refractivity contribution is 0.0950. The molecule has 3 aromatic rings. The first-order valence-corrected chi connectivity index (χ1v) is 7.40. The molecular formula is C18H15ClN2O. The fraction of sp³-hybridized carbons (Fsp3) is 0.111. The van der Waals surface area contributed by atoms with Crippen molar-refractivity contribution in [1.82, 2.24) is 10.3 Å². The Balaban J connectivity index is 1.85. The SMILES string of the molecule is Cc1nc2ccc(Cl)cc2cc1C(=O)NCc1ccccc1. The Bertz CT molecular complexity index is 831. The maximum atomic E-state index is 12.4. The van der Waals surface area contributed by atoms with Crippen LogP contribution in [-0.2, 0) is 6.54 Å². The molecule has 110 valence electrons. The van der Waals surface area contributed by atoms with Gasteiger partial charge in [0.15, 0.2) is 0 Å². The molecule has 0 saturated heterocycles. The number of aromatic nitrogens is 1. The molecule has 0 unspecified atom stereocenters. The zero-order valence-corrected chi connectivity index (χ0v) is 12.9. The van der Waals surface area contributed by atoms with E-state index >= 15 is 0 Å². The number of fused-ring (bicyclic) bond motifs is 1. The van der Waals surface area contributed by atoms with Crippen LogP contribution in [0.2, 0.25) is 5.02 Å². The molecule has 0 fully saturated rings. The number of hydrogen-bond acceptors (Lipinski definition) is 2. The molecule has 0 aliphatic carbocycles. The number of carbonyl (C=O) groups excluding carboxylic acids is 1. The van der Waals surface area contributed by atoms with Crippen LogP contribution in [0, 0.1) is 6.92 Å². The Morgan fingerprint density at radius 3 is 2.68 bits per heavy atom. The molecule has 3 rings (SSSR count). The lowest BCUT2D eigenvalue weighted by Gasteiger charge is -2.09. The van der Waals surface area contributed by atoms with E-state index in [1.807, 2.05) is 55.5 Å². The van der Waals surface area contributed by atoms with E-state index in [9.17, 15) is 4.79 Å². The van der Waals surface area contributed by atoms with E-state index in [1.165, 1.54) is 0 Å². The summed E-state index contributed by atoms with van der Waals surface area (Å²) in [6.45, 7) is 2.33. The lowest BCUT2D eigenvalue weighted by Crippen LogP contribution is -2.23. The molecule has 0 bridgehead atoms. The molecule has 2 aromatic carbocycles. The molecule has 1 N–H and O–H groups in total. The number of nitrogens with zero attached hydrogens (tertiary/aromatic N) is 1. The van der Waals surface area contributed by atoms with Crippen molar-refractivity contribution in [3.63, 3.8) is 0 Å². The van der Waals surface area contributed by atoms with Gasteiger partial charge in [0.25, 0.3) is 5.91 Å². The van der Waals surface area contributed by atoms with Gasteiger partial charge in [-0.05, 0) is 36.8 Å². The molecule has 1 amide bonds. The van der Waals surface area contributed by atoms with E-state index in [0.717, 1.165) is 16.5 Å². The largest absolute Gasteiger partial charge is 0.348 e. The van der Waals surface area contributed by atoms with Crippen LogP contribution in [0.15, 0.2) is 54.6 Å². The Morgan fingerprint density at radius 1 is 1.14 bits per heavy atom. The fourth-order valence-electron chi connectivity index (χ4n) is 2.35. The Hall–Kier alpha value is -2.39. The van der Waals surface area contributed by atoms with Crippen molar-refractivity contribution in [3.8, 4) is 0 Å². The number of aryl methyl sites for hydroxylation is 1. The Kier molecular flexibility index (Phi) is 4.07. The Labute approximate surface area is 133 Å². The van der Waals surface area contributed by atoms with Gasteiger partial charge in [0.05, 0.1) is 16.8 Å². The average molecular weight is 311 g/mol. The topological polar surface area (TPSA) is 42.0 Å². The third-order valence-corrected chi connectivity index (χ3v) is 3.74. The second-order valence-electron chi connectivity index (χ2n) is 5.13. The molecule has 0 aliphatic rings. The summed E-state index contributed by atoms with van der Waals surface area (Å²) in [5.74, 6) is -0.129. The van der Waals surface area contributed by atoms with E-state index in [-0.39, 0.29) is 5.91 Å². The second-order valence-corrected chi connectivity index (χ2v) is 5.56. The van der Waals surface area contributed by atoms with Gasteiger partial charge in [0.1, 0.15) is 0 Å². The summed E-state index contributed by atoms with van der Waals surface area (Å²) < 4.78 is 0. The summed E-state index contributed by atoms with van der Waals surface area (Å²) in [4.78, 5) is 16.9. The molecular weight excluding hydrogens is 296 g/mol. The van der Waals surface area contributed by atoms with Crippen molar-refractivity contribution in [3.05, 3.63) is 76.4 Å². The average Bonchev–Trinajstić information content (AvgIpc) is 2.53. The number of rotatable bonds is 3. The van der Waals surface area contributed by atoms with Gasteiger partial charge >= 0.3 is 0 Å². The lowest BCUT2D eigenvalue weighted by atomic mass is 10.1. The minimum absolute atomic E-state index is 0.129. The summed E-state index contributed by atoms with van der Waals surface area (Å²) in [6, 6.07) is 17.1. The van der Waals surface area contributed by atoms with Crippen molar-refractivity contribution >= 4 is 28.4 Å². The third kappa shape index (κ3) is 3.10. The van der Waals surface area contributed by atoms with Crippen LogP contribution in [0.5, 0.6) is 0 Å². The highest BCUT2D eigenvalue weighted by atomic mass is 35.5. The van der Waals surface area contributed by atoms with E-state index in [0.29, 0.717) is 22.8 Å². The number of halogens is 1. The highest BCUT2D eigenvalue weighted by Gasteiger charge is 2.11. The second kappa shape index (κ2) is 6.16. The summed E-state index contributed by atoms with van der Waals surface area (Å²) in [5, 5.41) is 4.42. The summed E-state index contributed by atoms with van der Waals surface area (Å²) in [5.41, 5.74) is 3.18. The molecule has 1 aromatic heterocycles. The van der Waals surface area contributed by atoms with Gasteiger partial charge in [-0.2, -0.15) is 0 Å². The van der Waals surface area contributed by atoms with E-state index in [4.69, 9.17) is 11.6 Å². The highest BCUT2D eigenvalue weighted by Crippen LogP contribution is 2.20. The first kappa shape index (κ1) is 14.5. The van der Waals surface area contributed by atoms with Crippen molar-refractivity contribution in [1.29, 1.82) is 0 Å². The molecule has 0 saturated carbocycles. The van der Waals surface area contributed by atoms with Gasteiger partial charge in [0, 0.05) is 17.0 Å². The summed E-state index contributed by atoms with van der Waals surface area (Å²) >= 11 is 6.00. The van der Waals surface area contributed by atoms with E-state index in [2.05, 4.69) is 10.3 Å². The van der Waals surface area contributed by atoms with Gasteiger partial charge in [-0.15, -0.1) is 0 Å². The maximum Gasteiger partial charge on any atom is 0.253 e. The highest BCUT2D eigenvalue weighted by molar-refractivity contribution is 6.31. The number of hydrogen-bond donors (Lipinski definition) is 1. The molecule has 0 atom stereocenters. The molecule has 0 aliphatic heterocycles. The standard InChI is InChI=1S/C18H15ClN2O/c1-12-16(10-14-9-15(19)7-8-17(14)21-12)18(22)20-11-13-5-3-2-4-6-13/h2-10H,11H2,1H3,(H,20,22). The molecule has 0 radical (unpaired) electrons. The van der Waals surface area contributed by atoms with Crippen molar-refractivity contribution in [2.45, 2.75) is 13.5 Å². The quantitative estimate of drug-likeness (QED) is 0.790. The van der Waals surface area contributed by atoms with Crippen LogP contribution in [-0.4, -0.2) is 10.9 Å². The number of benzene rings is 2. The fourth-order valence-corrected chi connectivity index (χ4v) is 2.53. The van der Waals surface area contributed by atoms with Gasteiger partial charge < -0.3 is 5.32 Å². The predicted octanol–water partition coefficient (Wildman–Crippen LogP) is 4.13. The van der Waals surface area contributed by atoms with Crippen molar-refractivity contribution in [2.75, 3.05) is 0 Å². The zero-order chi connectivity index (χ0) is 15.5. The molecule has 0 spiro atoms. The van der Waals surface area contributed by atoms with Crippen molar-refractivity contribution < 1.29 is 4.79 Å². The monoisotopic (exact) mass is 310 g/mol. The Morgan fingerprint density at radius 2 is 1.91 bits per heavy atom. The summed E-state index contributed by atoms with van der Waals surface area (Å²) in [7, 11) is 0. The molecule has 3 nitrogen and oxygen atoms in total. The van der Waals surface area contributed by atoms with Crippen molar-refractivity contribution in [2.24, 2.45) is 0 Å². The van der Waals surface area contributed by atoms with Gasteiger partial charge in [-0.3, -0.25) is 9.78 Å². The molecule has 1 heterocycles. The maximum absolute atomic E-state index is 12.4. The minimum Gasteiger partial charge on any atom is -0.348 e. The van der Waals surface area contributed by atoms with Crippen LogP contribution in [0.3, 0.4) is 0 Å². The van der Waals surface area contributed by atoms with Crippen LogP contribution < -0.4 is 5.32 Å². The van der Waals surface area contributed by atoms with Crippen LogP contribution >= 0.6 is 11.6 Å². The van der Waals surface area contributed by atoms with Crippen LogP contribution in [0.25, 0.3) is 10.9 Å². The van der Waals surface area contributed by atoms with Crippen LogP contribution in [0.4, 0.5) is 0 Å². The minimum atomic E-state index is -0.129. The first-order valence-electron chi connectivity index (χ1n) is 7.02. The number of nitrogens with one attached hydrogen (secondary N) is 1. The third-order valence-electron chi connectivity index (χ3n) is 3.51.